The van der Waals surface area contributed by atoms with E-state index in [1.807, 2.05) is 17.8 Å². The van der Waals surface area contributed by atoms with Crippen molar-refractivity contribution in [3.8, 4) is 0 Å². The topological polar surface area (TPSA) is 41.6 Å². The normalized spacial score (nSPS) is 25.4. The van der Waals surface area contributed by atoms with E-state index in [2.05, 4.69) is 37.8 Å². The monoisotopic (exact) mass is 297 g/mol. The zero-order chi connectivity index (χ0) is 11.2. The van der Waals surface area contributed by atoms with Crippen LogP contribution < -0.4 is 0 Å². The summed E-state index contributed by atoms with van der Waals surface area (Å²) in [6.45, 7) is 2.26. The number of aromatic nitrogens is 3. The highest BCUT2D eigenvalue weighted by Gasteiger charge is 2.34. The van der Waals surface area contributed by atoms with Gasteiger partial charge >= 0.3 is 0 Å². The zero-order valence-corrected chi connectivity index (χ0v) is 11.4. The molecule has 16 heavy (non-hydrogen) atoms. The van der Waals surface area contributed by atoms with Crippen LogP contribution in [0.2, 0.25) is 0 Å². The molecule has 0 aliphatic carbocycles. The van der Waals surface area contributed by atoms with Crippen LogP contribution in [0.3, 0.4) is 0 Å². The summed E-state index contributed by atoms with van der Waals surface area (Å²) < 4.78 is 1.13. The van der Waals surface area contributed by atoms with Gasteiger partial charge in [-0.2, -0.15) is 0 Å². The van der Waals surface area contributed by atoms with Gasteiger partial charge in [0.15, 0.2) is 5.65 Å². The summed E-state index contributed by atoms with van der Waals surface area (Å²) in [4.78, 5) is 12.3. The minimum absolute atomic E-state index is 0.146. The lowest BCUT2D eigenvalue weighted by Crippen LogP contribution is -2.14. The lowest BCUT2D eigenvalue weighted by atomic mass is 10.1. The summed E-state index contributed by atoms with van der Waals surface area (Å²) >= 11 is 5.41. The van der Waals surface area contributed by atoms with Crippen LogP contribution in [0, 0.1) is 0 Å². The molecule has 0 aromatic carbocycles. The summed E-state index contributed by atoms with van der Waals surface area (Å²) in [6, 6.07) is 2.03. The van der Waals surface area contributed by atoms with Crippen molar-refractivity contribution in [2.75, 3.05) is 5.75 Å². The number of thioether (sulfide) groups is 1. The Morgan fingerprint density at radius 1 is 1.56 bits per heavy atom. The van der Waals surface area contributed by atoms with Gasteiger partial charge in [0.1, 0.15) is 5.82 Å². The van der Waals surface area contributed by atoms with Gasteiger partial charge in [0.25, 0.3) is 0 Å². The number of halogens is 1. The number of nitrogens with zero attached hydrogens (tertiary/aromatic N) is 2. The molecule has 0 radical (unpaired) electrons. The van der Waals surface area contributed by atoms with Crippen LogP contribution in [0.1, 0.15) is 25.6 Å². The van der Waals surface area contributed by atoms with Gasteiger partial charge in [-0.1, -0.05) is 0 Å². The van der Waals surface area contributed by atoms with Crippen molar-refractivity contribution in [2.45, 2.75) is 24.5 Å². The van der Waals surface area contributed by atoms with Gasteiger partial charge in [0.05, 0.1) is 10.3 Å². The lowest BCUT2D eigenvalue weighted by Gasteiger charge is -2.18. The highest BCUT2D eigenvalue weighted by Crippen LogP contribution is 2.45. The van der Waals surface area contributed by atoms with Crippen molar-refractivity contribution in [2.24, 2.45) is 0 Å². The van der Waals surface area contributed by atoms with E-state index < -0.39 is 0 Å². The molecular weight excluding hydrogens is 286 g/mol. The molecule has 1 unspecified atom stereocenters. The van der Waals surface area contributed by atoms with Crippen molar-refractivity contribution in [1.82, 2.24) is 15.0 Å². The first kappa shape index (κ1) is 10.6. The van der Waals surface area contributed by atoms with Crippen molar-refractivity contribution in [1.29, 1.82) is 0 Å². The van der Waals surface area contributed by atoms with Crippen molar-refractivity contribution in [3.05, 3.63) is 22.6 Å². The van der Waals surface area contributed by atoms with E-state index in [-0.39, 0.29) is 4.75 Å². The molecule has 5 heteroatoms. The van der Waals surface area contributed by atoms with Crippen LogP contribution in [0.25, 0.3) is 11.2 Å². The number of aromatic amines is 1. The van der Waals surface area contributed by atoms with Gasteiger partial charge in [-0.3, -0.25) is 0 Å². The van der Waals surface area contributed by atoms with Gasteiger partial charge in [-0.15, -0.1) is 11.8 Å². The van der Waals surface area contributed by atoms with Gasteiger partial charge in [0, 0.05) is 10.7 Å². The van der Waals surface area contributed by atoms with E-state index in [1.165, 1.54) is 18.6 Å². The second-order valence-electron chi connectivity index (χ2n) is 4.29. The second-order valence-corrected chi connectivity index (χ2v) is 6.81. The third kappa shape index (κ3) is 1.66. The quantitative estimate of drug-likeness (QED) is 0.876. The maximum Gasteiger partial charge on any atom is 0.177 e. The Morgan fingerprint density at radius 3 is 3.19 bits per heavy atom. The van der Waals surface area contributed by atoms with Gasteiger partial charge in [-0.05, 0) is 47.5 Å². The zero-order valence-electron chi connectivity index (χ0n) is 8.96. The molecule has 1 fully saturated rings. The third-order valence-electron chi connectivity index (χ3n) is 3.02. The number of fused-ring (bicyclic) bond motifs is 1. The molecule has 2 aromatic rings. The average Bonchev–Trinajstić information content (AvgIpc) is 2.84. The summed E-state index contributed by atoms with van der Waals surface area (Å²) in [5.41, 5.74) is 1.82. The Morgan fingerprint density at radius 2 is 2.44 bits per heavy atom. The molecular formula is C11H12BrN3S. The molecule has 1 aliphatic rings. The summed E-state index contributed by atoms with van der Waals surface area (Å²) in [5, 5.41) is 0. The predicted octanol–water partition coefficient (Wildman–Crippen LogP) is 3.46. The fraction of sp³-hybridized carbons (Fsp3) is 0.455. The van der Waals surface area contributed by atoms with Crippen LogP contribution in [-0.2, 0) is 4.75 Å². The van der Waals surface area contributed by atoms with E-state index in [4.69, 9.17) is 0 Å². The number of rotatable bonds is 1. The number of hydrogen-bond donors (Lipinski definition) is 1. The number of H-pyrrole nitrogens is 1. The van der Waals surface area contributed by atoms with Crippen molar-refractivity contribution in [3.63, 3.8) is 0 Å². The number of pyridine rings is 1. The molecule has 84 valence electrons. The number of hydrogen-bond acceptors (Lipinski definition) is 3. The predicted molar refractivity (Wildman–Crippen MR) is 70.6 cm³/mol. The third-order valence-corrected chi connectivity index (χ3v) is 4.98. The molecule has 0 bridgehead atoms. The standard InChI is InChI=1S/C11H12BrN3S/c1-11(3-2-4-16-11)10-14-8-5-7(12)6-13-9(8)15-10/h5-6H,2-4H2,1H3,(H,13,14,15). The molecule has 1 atom stereocenters. The largest absolute Gasteiger partial charge is 0.339 e. The molecule has 1 aliphatic heterocycles. The number of imidazole rings is 1. The van der Waals surface area contributed by atoms with E-state index in [9.17, 15) is 0 Å². The SMILES string of the molecule is CC1(c2nc3ncc(Br)cc3[nH]2)CCCS1. The van der Waals surface area contributed by atoms with Crippen LogP contribution in [-0.4, -0.2) is 20.7 Å². The Bertz CT molecular complexity index is 531. The molecule has 0 saturated carbocycles. The van der Waals surface area contributed by atoms with Crippen LogP contribution in [0.15, 0.2) is 16.7 Å². The molecule has 1 saturated heterocycles. The Labute approximate surface area is 107 Å². The Hall–Kier alpha value is -0.550. The first-order chi connectivity index (χ1) is 7.67. The summed E-state index contributed by atoms with van der Waals surface area (Å²) in [5.74, 6) is 2.29. The lowest BCUT2D eigenvalue weighted by molar-refractivity contribution is 0.614. The van der Waals surface area contributed by atoms with Gasteiger partial charge < -0.3 is 4.98 Å². The fourth-order valence-electron chi connectivity index (χ4n) is 2.09. The van der Waals surface area contributed by atoms with Crippen LogP contribution in [0.5, 0.6) is 0 Å². The van der Waals surface area contributed by atoms with Crippen molar-refractivity contribution < 1.29 is 0 Å². The molecule has 0 spiro atoms. The van der Waals surface area contributed by atoms with E-state index in [0.29, 0.717) is 0 Å². The van der Waals surface area contributed by atoms with Gasteiger partial charge in [0.2, 0.25) is 0 Å². The van der Waals surface area contributed by atoms with E-state index in [0.717, 1.165) is 21.5 Å². The molecule has 3 rings (SSSR count). The fourth-order valence-corrected chi connectivity index (χ4v) is 3.68. The second kappa shape index (κ2) is 3.74. The minimum Gasteiger partial charge on any atom is -0.339 e. The highest BCUT2D eigenvalue weighted by molar-refractivity contribution is 9.10. The molecule has 0 amide bonds. The van der Waals surface area contributed by atoms with Crippen molar-refractivity contribution >= 4 is 38.9 Å². The molecule has 1 N–H and O–H groups in total. The number of nitrogens with one attached hydrogen (secondary N) is 1. The first-order valence-electron chi connectivity index (χ1n) is 5.33. The maximum absolute atomic E-state index is 4.60. The Kier molecular flexibility index (Phi) is 2.47. The van der Waals surface area contributed by atoms with Crippen LogP contribution >= 0.6 is 27.7 Å². The average molecular weight is 298 g/mol. The van der Waals surface area contributed by atoms with E-state index in [1.54, 1.807) is 6.20 Å². The minimum atomic E-state index is 0.146. The smallest absolute Gasteiger partial charge is 0.177 e. The van der Waals surface area contributed by atoms with E-state index >= 15 is 0 Å². The maximum atomic E-state index is 4.60. The van der Waals surface area contributed by atoms with Gasteiger partial charge in [-0.25, -0.2) is 9.97 Å². The van der Waals surface area contributed by atoms with Crippen LogP contribution in [0.4, 0.5) is 0 Å². The summed E-state index contributed by atoms with van der Waals surface area (Å²) in [7, 11) is 0. The molecule has 3 nitrogen and oxygen atoms in total. The molecule has 2 aromatic heterocycles. The Balaban J connectivity index is 2.11. The summed E-state index contributed by atoms with van der Waals surface area (Å²) in [6.07, 6.45) is 4.26. The highest BCUT2D eigenvalue weighted by atomic mass is 79.9. The molecule has 3 heterocycles. The first-order valence-corrected chi connectivity index (χ1v) is 7.11.